The van der Waals surface area contributed by atoms with Crippen molar-refractivity contribution in [3.05, 3.63) is 59.9 Å². The van der Waals surface area contributed by atoms with E-state index in [-0.39, 0.29) is 0 Å². The Kier molecular flexibility index (Phi) is 4.48. The largest absolute Gasteiger partial charge is 0.459 e. The first-order chi connectivity index (χ1) is 16.0. The molecule has 2 aliphatic heterocycles. The lowest BCUT2D eigenvalue weighted by atomic mass is 9.77. The van der Waals surface area contributed by atoms with Crippen molar-refractivity contribution in [2.24, 2.45) is 10.9 Å². The molecule has 1 saturated carbocycles. The lowest BCUT2D eigenvalue weighted by Crippen LogP contribution is -2.63. The smallest absolute Gasteiger partial charge is 0.228 e. The standard InChI is InChI=1S/C28H28N4O/c1-27(2)23-14-20(15-29)8-10-24(23)32(17-19-6-4-3-5-7-19)28(27)18-31-26-22-16-30-13-12-21(22)9-11-25(26)33-28/h8-14,16,18-19H,3-7,17H2,1-2H3. The topological polar surface area (TPSA) is 61.5 Å². The SMILES string of the molecule is CC1(C)c2cc(C#N)ccc2N(CC2CCCCC2)C12C=Nc1c(ccc3ccncc13)O2. The first-order valence-corrected chi connectivity index (χ1v) is 12.0. The van der Waals surface area contributed by atoms with Crippen LogP contribution in [-0.4, -0.2) is 23.5 Å². The number of hydrogen-bond donors (Lipinski definition) is 0. The zero-order valence-corrected chi connectivity index (χ0v) is 19.2. The fraction of sp³-hybridized carbons (Fsp3) is 0.393. The Labute approximate surface area is 194 Å². The van der Waals surface area contributed by atoms with E-state index in [9.17, 15) is 5.26 Å². The Hall–Kier alpha value is -3.39. The van der Waals surface area contributed by atoms with Crippen LogP contribution in [0.1, 0.15) is 57.1 Å². The molecule has 1 aromatic heterocycles. The van der Waals surface area contributed by atoms with Crippen molar-refractivity contribution in [3.8, 4) is 11.8 Å². The van der Waals surface area contributed by atoms with Crippen LogP contribution < -0.4 is 9.64 Å². The third-order valence-electron chi connectivity index (χ3n) is 7.94. The highest BCUT2D eigenvalue weighted by atomic mass is 16.5. The first kappa shape index (κ1) is 20.2. The molecular weight excluding hydrogens is 408 g/mol. The lowest BCUT2D eigenvalue weighted by molar-refractivity contribution is 0.0733. The number of anilines is 1. The molecule has 1 aliphatic carbocycles. The number of fused-ring (bicyclic) bond motifs is 4. The van der Waals surface area contributed by atoms with Gasteiger partial charge < -0.3 is 9.64 Å². The van der Waals surface area contributed by atoms with Crippen molar-refractivity contribution >= 4 is 28.4 Å². The summed E-state index contributed by atoms with van der Waals surface area (Å²) in [6.45, 7) is 5.36. The Morgan fingerprint density at radius 3 is 2.79 bits per heavy atom. The van der Waals surface area contributed by atoms with E-state index in [2.05, 4.69) is 41.9 Å². The highest BCUT2D eigenvalue weighted by Gasteiger charge is 2.60. The van der Waals surface area contributed by atoms with Crippen LogP contribution in [-0.2, 0) is 5.41 Å². The molecule has 3 aromatic rings. The zero-order valence-electron chi connectivity index (χ0n) is 19.2. The van der Waals surface area contributed by atoms with Gasteiger partial charge >= 0.3 is 0 Å². The number of rotatable bonds is 2. The average molecular weight is 437 g/mol. The van der Waals surface area contributed by atoms with Crippen LogP contribution in [0.25, 0.3) is 10.8 Å². The third kappa shape index (κ3) is 2.90. The molecule has 5 heteroatoms. The zero-order chi connectivity index (χ0) is 22.6. The van der Waals surface area contributed by atoms with E-state index in [1.807, 2.05) is 36.7 Å². The molecule has 3 aliphatic rings. The van der Waals surface area contributed by atoms with Gasteiger partial charge in [-0.15, -0.1) is 0 Å². The van der Waals surface area contributed by atoms with Crippen molar-refractivity contribution in [2.75, 3.05) is 11.4 Å². The number of hydrogen-bond acceptors (Lipinski definition) is 5. The number of benzene rings is 2. The molecule has 0 bridgehead atoms. The molecule has 1 atom stereocenters. The molecule has 166 valence electrons. The second-order valence-electron chi connectivity index (χ2n) is 10.1. The summed E-state index contributed by atoms with van der Waals surface area (Å²) in [5, 5.41) is 11.7. The minimum absolute atomic E-state index is 0.394. The number of nitriles is 1. The summed E-state index contributed by atoms with van der Waals surface area (Å²) in [6.07, 6.45) is 12.1. The number of aliphatic imine (C=N–C) groups is 1. The normalized spacial score (nSPS) is 23.2. The molecule has 0 N–H and O–H groups in total. The van der Waals surface area contributed by atoms with Gasteiger partial charge in [0.2, 0.25) is 5.72 Å². The quantitative estimate of drug-likeness (QED) is 0.475. The van der Waals surface area contributed by atoms with Crippen molar-refractivity contribution < 1.29 is 4.74 Å². The van der Waals surface area contributed by atoms with Gasteiger partial charge in [-0.05, 0) is 73.9 Å². The van der Waals surface area contributed by atoms with Crippen LogP contribution in [0.3, 0.4) is 0 Å². The van der Waals surface area contributed by atoms with Crippen molar-refractivity contribution in [3.63, 3.8) is 0 Å². The van der Waals surface area contributed by atoms with Gasteiger partial charge in [-0.2, -0.15) is 5.26 Å². The summed E-state index contributed by atoms with van der Waals surface area (Å²) in [7, 11) is 0. The number of aromatic nitrogens is 1. The monoisotopic (exact) mass is 436 g/mol. The van der Waals surface area contributed by atoms with Crippen molar-refractivity contribution in [1.29, 1.82) is 5.26 Å². The fourth-order valence-electron chi connectivity index (χ4n) is 6.01. The highest BCUT2D eigenvalue weighted by Crippen LogP contribution is 2.55. The van der Waals surface area contributed by atoms with Crippen LogP contribution >= 0.6 is 0 Å². The molecule has 3 heterocycles. The van der Waals surface area contributed by atoms with Crippen LogP contribution in [0.2, 0.25) is 0 Å². The third-order valence-corrected chi connectivity index (χ3v) is 7.94. The average Bonchev–Trinajstić information content (AvgIpc) is 3.02. The van der Waals surface area contributed by atoms with Crippen molar-refractivity contribution in [2.45, 2.75) is 57.1 Å². The van der Waals surface area contributed by atoms with E-state index >= 15 is 0 Å². The summed E-state index contributed by atoms with van der Waals surface area (Å²) in [6, 6.07) is 14.5. The van der Waals surface area contributed by atoms with Gasteiger partial charge in [-0.25, -0.2) is 0 Å². The van der Waals surface area contributed by atoms with E-state index in [1.54, 1.807) is 6.20 Å². The molecule has 1 unspecified atom stereocenters. The minimum atomic E-state index is -0.746. The molecule has 1 spiro atoms. The minimum Gasteiger partial charge on any atom is -0.459 e. The number of nitrogens with zero attached hydrogens (tertiary/aromatic N) is 4. The van der Waals surface area contributed by atoms with Gasteiger partial charge in [-0.3, -0.25) is 9.98 Å². The van der Waals surface area contributed by atoms with Gasteiger partial charge in [-0.1, -0.05) is 25.3 Å². The van der Waals surface area contributed by atoms with E-state index < -0.39 is 11.1 Å². The van der Waals surface area contributed by atoms with Crippen LogP contribution in [0.5, 0.6) is 5.75 Å². The van der Waals surface area contributed by atoms with Crippen LogP contribution in [0.4, 0.5) is 11.4 Å². The molecule has 1 fully saturated rings. The van der Waals surface area contributed by atoms with Gasteiger partial charge in [0.05, 0.1) is 23.3 Å². The van der Waals surface area contributed by atoms with Crippen LogP contribution in [0, 0.1) is 17.2 Å². The highest BCUT2D eigenvalue weighted by molar-refractivity contribution is 5.99. The Bertz CT molecular complexity index is 1320. The van der Waals surface area contributed by atoms with Gasteiger partial charge in [0.25, 0.3) is 0 Å². The number of ether oxygens (including phenoxy) is 1. The summed E-state index contributed by atoms with van der Waals surface area (Å²) >= 11 is 0. The maximum atomic E-state index is 9.57. The van der Waals surface area contributed by atoms with E-state index in [1.165, 1.54) is 32.1 Å². The van der Waals surface area contributed by atoms with E-state index in [4.69, 9.17) is 9.73 Å². The molecule has 0 saturated heterocycles. The first-order valence-electron chi connectivity index (χ1n) is 12.0. The molecular formula is C28H28N4O. The maximum Gasteiger partial charge on any atom is 0.228 e. The van der Waals surface area contributed by atoms with Crippen molar-refractivity contribution in [1.82, 2.24) is 4.98 Å². The van der Waals surface area contributed by atoms with Gasteiger partial charge in [0.1, 0.15) is 11.4 Å². The van der Waals surface area contributed by atoms with E-state index in [0.717, 1.165) is 40.0 Å². The molecule has 33 heavy (non-hydrogen) atoms. The summed E-state index contributed by atoms with van der Waals surface area (Å²) in [4.78, 5) is 11.8. The summed E-state index contributed by atoms with van der Waals surface area (Å²) < 4.78 is 6.98. The van der Waals surface area contributed by atoms with Gasteiger partial charge in [0.15, 0.2) is 0 Å². The summed E-state index contributed by atoms with van der Waals surface area (Å²) in [5.41, 5.74) is 2.69. The second-order valence-corrected chi connectivity index (χ2v) is 10.1. The predicted molar refractivity (Wildman–Crippen MR) is 131 cm³/mol. The summed E-state index contributed by atoms with van der Waals surface area (Å²) in [5.74, 6) is 1.42. The van der Waals surface area contributed by atoms with E-state index in [0.29, 0.717) is 11.5 Å². The molecule has 0 amide bonds. The molecule has 5 nitrogen and oxygen atoms in total. The fourth-order valence-corrected chi connectivity index (χ4v) is 6.01. The van der Waals surface area contributed by atoms with Gasteiger partial charge in [0, 0.05) is 30.0 Å². The molecule has 6 rings (SSSR count). The second kappa shape index (κ2) is 7.31. The Morgan fingerprint density at radius 2 is 1.97 bits per heavy atom. The Balaban J connectivity index is 1.51. The molecule has 0 radical (unpaired) electrons. The Morgan fingerprint density at radius 1 is 1.12 bits per heavy atom. The lowest BCUT2D eigenvalue weighted by Gasteiger charge is -2.47. The number of pyridine rings is 1. The maximum absolute atomic E-state index is 9.57. The predicted octanol–water partition coefficient (Wildman–Crippen LogP) is 6.28. The van der Waals surface area contributed by atoms with Crippen LogP contribution in [0.15, 0.2) is 53.8 Å². The molecule has 2 aromatic carbocycles.